The molecule has 0 saturated carbocycles. The number of carbonyl (C=O) groups is 2. The number of H-pyrrole nitrogens is 1. The molecule has 3 N–H and O–H groups in total. The Balaban J connectivity index is 1.79. The van der Waals surface area contributed by atoms with Crippen molar-refractivity contribution in [2.24, 2.45) is 5.73 Å². The van der Waals surface area contributed by atoms with E-state index in [-0.39, 0.29) is 17.4 Å². The number of Topliss-reactive ketones (excluding diaryl/α,β-unsaturated/α-hetero) is 1. The Labute approximate surface area is 137 Å². The van der Waals surface area contributed by atoms with Gasteiger partial charge < -0.3 is 10.5 Å². The van der Waals surface area contributed by atoms with Crippen LogP contribution in [0.3, 0.4) is 0 Å². The van der Waals surface area contributed by atoms with E-state index in [2.05, 4.69) is 15.4 Å². The minimum Gasteiger partial charge on any atom is -0.436 e. The van der Waals surface area contributed by atoms with Crippen LogP contribution in [0, 0.1) is 0 Å². The fourth-order valence-electron chi connectivity index (χ4n) is 2.17. The first-order valence-electron chi connectivity index (χ1n) is 7.15. The van der Waals surface area contributed by atoms with Crippen LogP contribution < -0.4 is 10.5 Å². The smallest absolute Gasteiger partial charge is 0.269 e. The van der Waals surface area contributed by atoms with Crippen LogP contribution in [-0.4, -0.2) is 27.1 Å². The lowest BCUT2D eigenvalue weighted by Gasteiger charge is -2.06. The maximum atomic E-state index is 11.4. The monoisotopic (exact) mass is 322 g/mol. The van der Waals surface area contributed by atoms with Crippen LogP contribution >= 0.6 is 0 Å². The first-order valence-corrected chi connectivity index (χ1v) is 7.15. The number of hydrogen-bond acceptors (Lipinski definition) is 5. The lowest BCUT2D eigenvalue weighted by molar-refractivity contribution is 0.0994. The van der Waals surface area contributed by atoms with Crippen LogP contribution in [0.1, 0.15) is 27.8 Å². The summed E-state index contributed by atoms with van der Waals surface area (Å²) in [4.78, 5) is 22.5. The average molecular weight is 322 g/mol. The third kappa shape index (κ3) is 3.14. The number of carbonyl (C=O) groups excluding carboxylic acids is 2. The van der Waals surface area contributed by atoms with Crippen LogP contribution in [0.5, 0.6) is 11.6 Å². The van der Waals surface area contributed by atoms with Gasteiger partial charge in [0.25, 0.3) is 5.88 Å². The molecular formula is C17H14N4O3. The van der Waals surface area contributed by atoms with E-state index < -0.39 is 5.91 Å². The summed E-state index contributed by atoms with van der Waals surface area (Å²) >= 11 is 0. The van der Waals surface area contributed by atoms with Gasteiger partial charge in [0, 0.05) is 12.5 Å². The number of amides is 1. The van der Waals surface area contributed by atoms with Gasteiger partial charge in [0.05, 0.1) is 0 Å². The second-order valence-corrected chi connectivity index (χ2v) is 5.12. The molecule has 7 nitrogen and oxygen atoms in total. The van der Waals surface area contributed by atoms with Crippen molar-refractivity contribution in [1.29, 1.82) is 0 Å². The van der Waals surface area contributed by atoms with Gasteiger partial charge >= 0.3 is 0 Å². The molecular weight excluding hydrogens is 308 g/mol. The molecule has 1 heterocycles. The van der Waals surface area contributed by atoms with E-state index in [9.17, 15) is 9.59 Å². The summed E-state index contributed by atoms with van der Waals surface area (Å²) in [6, 6.07) is 14.2. The zero-order valence-corrected chi connectivity index (χ0v) is 12.8. The quantitative estimate of drug-likeness (QED) is 0.701. The molecule has 0 spiro atoms. The van der Waals surface area contributed by atoms with Crippen molar-refractivity contribution < 1.29 is 14.3 Å². The van der Waals surface area contributed by atoms with Crippen LogP contribution in [-0.2, 0) is 0 Å². The number of rotatable bonds is 5. The summed E-state index contributed by atoms with van der Waals surface area (Å²) in [5, 5.41) is 9.82. The molecule has 0 saturated heterocycles. The van der Waals surface area contributed by atoms with Gasteiger partial charge in [-0.15, -0.1) is 0 Å². The highest BCUT2D eigenvalue weighted by Crippen LogP contribution is 2.26. The number of ketones is 1. The van der Waals surface area contributed by atoms with E-state index in [1.165, 1.54) is 6.92 Å². The molecule has 3 rings (SSSR count). The van der Waals surface area contributed by atoms with Gasteiger partial charge in [-0.05, 0) is 35.4 Å². The van der Waals surface area contributed by atoms with E-state index in [0.29, 0.717) is 11.3 Å². The number of nitrogens with two attached hydrogens (primary N) is 1. The molecule has 2 aromatic carbocycles. The van der Waals surface area contributed by atoms with Crippen molar-refractivity contribution >= 4 is 11.7 Å². The summed E-state index contributed by atoms with van der Waals surface area (Å²) in [6.45, 7) is 1.40. The third-order valence-electron chi connectivity index (χ3n) is 3.44. The van der Waals surface area contributed by atoms with Gasteiger partial charge in [-0.2, -0.15) is 0 Å². The van der Waals surface area contributed by atoms with Crippen LogP contribution in [0.4, 0.5) is 0 Å². The largest absolute Gasteiger partial charge is 0.436 e. The zero-order valence-electron chi connectivity index (χ0n) is 12.8. The van der Waals surface area contributed by atoms with Gasteiger partial charge in [0.15, 0.2) is 11.5 Å². The second kappa shape index (κ2) is 6.33. The normalized spacial score (nSPS) is 10.4. The molecule has 7 heteroatoms. The maximum absolute atomic E-state index is 11.4. The molecule has 1 amide bonds. The number of primary amides is 1. The Morgan fingerprint density at radius 1 is 1.00 bits per heavy atom. The topological polar surface area (TPSA) is 111 Å². The summed E-state index contributed by atoms with van der Waals surface area (Å²) in [5.41, 5.74) is 7.80. The van der Waals surface area contributed by atoms with E-state index in [1.807, 2.05) is 24.3 Å². The fraction of sp³-hybridized carbons (Fsp3) is 0.0588. The Morgan fingerprint density at radius 2 is 1.58 bits per heavy atom. The summed E-state index contributed by atoms with van der Waals surface area (Å²) in [7, 11) is 0. The Kier molecular flexibility index (Phi) is 4.07. The van der Waals surface area contributed by atoms with Crippen molar-refractivity contribution in [2.75, 3.05) is 0 Å². The average Bonchev–Trinajstić information content (AvgIpc) is 3.04. The van der Waals surface area contributed by atoms with Gasteiger partial charge in [-0.1, -0.05) is 34.6 Å². The molecule has 24 heavy (non-hydrogen) atoms. The first-order chi connectivity index (χ1) is 11.5. The van der Waals surface area contributed by atoms with E-state index in [4.69, 9.17) is 10.5 Å². The van der Waals surface area contributed by atoms with Gasteiger partial charge in [0.2, 0.25) is 5.91 Å². The molecule has 0 aliphatic heterocycles. The van der Waals surface area contributed by atoms with Gasteiger partial charge in [-0.3, -0.25) is 14.7 Å². The fourth-order valence-corrected chi connectivity index (χ4v) is 2.17. The number of ether oxygens (including phenoxy) is 1. The predicted molar refractivity (Wildman–Crippen MR) is 86.9 cm³/mol. The van der Waals surface area contributed by atoms with Crippen molar-refractivity contribution in [3.05, 3.63) is 59.8 Å². The number of nitrogens with one attached hydrogen (secondary N) is 1. The third-order valence-corrected chi connectivity index (χ3v) is 3.44. The first kappa shape index (κ1) is 15.4. The van der Waals surface area contributed by atoms with Gasteiger partial charge in [0.1, 0.15) is 5.75 Å². The highest BCUT2D eigenvalue weighted by atomic mass is 16.5. The van der Waals surface area contributed by atoms with Crippen molar-refractivity contribution in [3.8, 4) is 22.8 Å². The minimum atomic E-state index is -0.459. The zero-order chi connectivity index (χ0) is 17.1. The molecule has 0 bridgehead atoms. The Bertz CT molecular complexity index is 883. The Morgan fingerprint density at radius 3 is 2.12 bits per heavy atom. The van der Waals surface area contributed by atoms with Crippen molar-refractivity contribution in [1.82, 2.24) is 15.4 Å². The molecule has 0 atom stereocenters. The van der Waals surface area contributed by atoms with Gasteiger partial charge in [-0.25, -0.2) is 0 Å². The highest BCUT2D eigenvalue weighted by Gasteiger charge is 2.13. The van der Waals surface area contributed by atoms with E-state index >= 15 is 0 Å². The van der Waals surface area contributed by atoms with Crippen LogP contribution in [0.15, 0.2) is 48.5 Å². The lowest BCUT2D eigenvalue weighted by Crippen LogP contribution is -2.10. The summed E-state index contributed by atoms with van der Waals surface area (Å²) in [6.07, 6.45) is 0. The maximum Gasteiger partial charge on any atom is 0.269 e. The number of hydrogen-bond donors (Lipinski definition) is 2. The van der Waals surface area contributed by atoms with Crippen molar-refractivity contribution in [2.45, 2.75) is 6.92 Å². The molecule has 120 valence electrons. The molecule has 0 aliphatic carbocycles. The SMILES string of the molecule is CC(=O)c1[nH]nnc1Oc1ccc(-c2ccc(C(N)=O)cc2)cc1. The molecule has 1 aromatic heterocycles. The van der Waals surface area contributed by atoms with E-state index in [0.717, 1.165) is 11.1 Å². The van der Waals surface area contributed by atoms with Crippen molar-refractivity contribution in [3.63, 3.8) is 0 Å². The molecule has 3 aromatic rings. The molecule has 0 radical (unpaired) electrons. The van der Waals surface area contributed by atoms with Crippen LogP contribution in [0.25, 0.3) is 11.1 Å². The lowest BCUT2D eigenvalue weighted by atomic mass is 10.0. The van der Waals surface area contributed by atoms with Crippen LogP contribution in [0.2, 0.25) is 0 Å². The number of nitrogens with zero attached hydrogens (tertiary/aromatic N) is 2. The van der Waals surface area contributed by atoms with E-state index in [1.54, 1.807) is 24.3 Å². The summed E-state index contributed by atoms with van der Waals surface area (Å²) < 4.78 is 5.57. The standard InChI is InChI=1S/C17H14N4O3/c1-10(22)15-17(20-21-19-15)24-14-8-6-12(7-9-14)11-2-4-13(5-3-11)16(18)23/h2-9H,1H3,(H2,18,23)(H,19,20,21). The number of aromatic amines is 1. The molecule has 0 unspecified atom stereocenters. The molecule has 0 aliphatic rings. The second-order valence-electron chi connectivity index (χ2n) is 5.12. The number of aromatic nitrogens is 3. The predicted octanol–water partition coefficient (Wildman–Crippen LogP) is 2.57. The molecule has 0 fully saturated rings. The minimum absolute atomic E-state index is 0.140. The summed E-state index contributed by atoms with van der Waals surface area (Å²) in [5.74, 6) is 0.00492. The Hall–Kier alpha value is -3.48. The highest BCUT2D eigenvalue weighted by molar-refractivity contribution is 5.94. The number of benzene rings is 2.